The maximum absolute atomic E-state index is 12.5. The van der Waals surface area contributed by atoms with E-state index in [4.69, 9.17) is 0 Å². The largest absolute Gasteiger partial charge is 0.290 e. The van der Waals surface area contributed by atoms with Crippen LogP contribution in [0.3, 0.4) is 0 Å². The Bertz CT molecular complexity index is 952. The lowest BCUT2D eigenvalue weighted by Crippen LogP contribution is -2.35. The summed E-state index contributed by atoms with van der Waals surface area (Å²) in [7, 11) is 0. The van der Waals surface area contributed by atoms with Crippen LogP contribution < -0.4 is 4.57 Å². The molecule has 0 saturated carbocycles. The fraction of sp³-hybridized carbons (Fsp3) is 0.0476. The van der Waals surface area contributed by atoms with Gasteiger partial charge in [-0.1, -0.05) is 60.7 Å². The van der Waals surface area contributed by atoms with Crippen molar-refractivity contribution in [2.24, 2.45) is 0 Å². The van der Waals surface area contributed by atoms with Crippen molar-refractivity contribution in [3.8, 4) is 11.1 Å². The molecule has 24 heavy (non-hydrogen) atoms. The number of Topliss-reactive ketones (excluding diaryl/α,β-unsaturated/α-hetero) is 1. The molecule has 0 amide bonds. The standard InChI is InChI=1S/C21H17N2O/c24-21(15-22-14-20-8-4-5-13-23(20)16-22)19-11-9-18(10-12-19)17-6-2-1-3-7-17/h1-14,16H,15H2/q+1. The smallest absolute Gasteiger partial charge is 0.249 e. The van der Waals surface area contributed by atoms with E-state index >= 15 is 0 Å². The van der Waals surface area contributed by atoms with Crippen molar-refractivity contribution in [3.63, 3.8) is 0 Å². The van der Waals surface area contributed by atoms with Crippen molar-refractivity contribution in [2.75, 3.05) is 0 Å². The SMILES string of the molecule is O=C(C[n+]1cc2ccccn2c1)c1ccc(-c2ccccc2)cc1. The molecule has 4 aromatic rings. The van der Waals surface area contributed by atoms with Gasteiger partial charge in [-0.2, -0.15) is 0 Å². The zero-order valence-electron chi connectivity index (χ0n) is 13.2. The summed E-state index contributed by atoms with van der Waals surface area (Å²) < 4.78 is 3.93. The van der Waals surface area contributed by atoms with Gasteiger partial charge >= 0.3 is 0 Å². The minimum Gasteiger partial charge on any atom is -0.290 e. The number of benzene rings is 2. The molecular weight excluding hydrogens is 296 g/mol. The highest BCUT2D eigenvalue weighted by molar-refractivity contribution is 5.95. The van der Waals surface area contributed by atoms with E-state index in [0.29, 0.717) is 6.54 Å². The van der Waals surface area contributed by atoms with Gasteiger partial charge in [-0.15, -0.1) is 0 Å². The van der Waals surface area contributed by atoms with E-state index in [1.54, 1.807) is 0 Å². The first kappa shape index (κ1) is 14.4. The Kier molecular flexibility index (Phi) is 3.67. The van der Waals surface area contributed by atoms with Gasteiger partial charge in [0.2, 0.25) is 12.1 Å². The molecule has 0 unspecified atom stereocenters. The van der Waals surface area contributed by atoms with Crippen LogP contribution in [0, 0.1) is 0 Å². The van der Waals surface area contributed by atoms with Gasteiger partial charge in [0.05, 0.1) is 6.20 Å². The van der Waals surface area contributed by atoms with E-state index in [1.807, 2.05) is 88.4 Å². The molecule has 2 heterocycles. The average Bonchev–Trinajstić information content (AvgIpc) is 3.05. The van der Waals surface area contributed by atoms with Crippen molar-refractivity contribution in [1.82, 2.24) is 4.40 Å². The van der Waals surface area contributed by atoms with Gasteiger partial charge in [0.15, 0.2) is 12.1 Å². The van der Waals surface area contributed by atoms with Crippen molar-refractivity contribution in [3.05, 3.63) is 97.1 Å². The monoisotopic (exact) mass is 313 g/mol. The third-order valence-corrected chi connectivity index (χ3v) is 4.13. The fourth-order valence-corrected chi connectivity index (χ4v) is 2.87. The average molecular weight is 313 g/mol. The third kappa shape index (κ3) is 2.84. The molecule has 3 nitrogen and oxygen atoms in total. The number of nitrogens with zero attached hydrogens (tertiary/aromatic N) is 2. The van der Waals surface area contributed by atoms with Crippen LogP contribution in [0.2, 0.25) is 0 Å². The van der Waals surface area contributed by atoms with Crippen molar-refractivity contribution < 1.29 is 9.36 Å². The number of hydrogen-bond acceptors (Lipinski definition) is 1. The van der Waals surface area contributed by atoms with Crippen LogP contribution in [0.5, 0.6) is 0 Å². The Morgan fingerprint density at radius 2 is 1.54 bits per heavy atom. The Labute approximate surface area is 140 Å². The predicted octanol–water partition coefficient (Wildman–Crippen LogP) is 3.78. The molecule has 2 aromatic heterocycles. The van der Waals surface area contributed by atoms with E-state index in [0.717, 1.165) is 22.2 Å². The molecule has 0 aliphatic rings. The lowest BCUT2D eigenvalue weighted by molar-refractivity contribution is -0.681. The molecule has 116 valence electrons. The van der Waals surface area contributed by atoms with Crippen LogP contribution in [0.25, 0.3) is 16.6 Å². The summed E-state index contributed by atoms with van der Waals surface area (Å²) in [5, 5.41) is 0. The molecule has 0 spiro atoms. The number of fused-ring (bicyclic) bond motifs is 1. The van der Waals surface area contributed by atoms with Crippen molar-refractivity contribution >= 4 is 11.3 Å². The van der Waals surface area contributed by atoms with Crippen LogP contribution in [0.15, 0.2) is 91.5 Å². The zero-order valence-corrected chi connectivity index (χ0v) is 13.2. The van der Waals surface area contributed by atoms with Crippen molar-refractivity contribution in [1.29, 1.82) is 0 Å². The Morgan fingerprint density at radius 1 is 0.833 bits per heavy atom. The lowest BCUT2D eigenvalue weighted by Gasteiger charge is -2.03. The van der Waals surface area contributed by atoms with Crippen molar-refractivity contribution in [2.45, 2.75) is 6.54 Å². The van der Waals surface area contributed by atoms with E-state index in [2.05, 4.69) is 12.1 Å². The topological polar surface area (TPSA) is 25.4 Å². The number of ketones is 1. The van der Waals surface area contributed by atoms with Gasteiger partial charge < -0.3 is 0 Å². The summed E-state index contributed by atoms with van der Waals surface area (Å²) in [6.45, 7) is 0.340. The molecule has 0 saturated heterocycles. The second kappa shape index (κ2) is 6.13. The fourth-order valence-electron chi connectivity index (χ4n) is 2.87. The molecule has 4 rings (SSSR count). The molecule has 0 bridgehead atoms. The summed E-state index contributed by atoms with van der Waals surface area (Å²) in [5.74, 6) is 0.107. The van der Waals surface area contributed by atoms with Crippen LogP contribution in [0.1, 0.15) is 10.4 Å². The normalized spacial score (nSPS) is 10.8. The predicted molar refractivity (Wildman–Crippen MR) is 93.8 cm³/mol. The molecule has 0 fully saturated rings. The summed E-state index contributed by atoms with van der Waals surface area (Å²) in [6, 6.07) is 24.0. The molecule has 0 N–H and O–H groups in total. The number of hydrogen-bond donors (Lipinski definition) is 0. The second-order valence-electron chi connectivity index (χ2n) is 5.82. The number of aromatic nitrogens is 2. The third-order valence-electron chi connectivity index (χ3n) is 4.13. The Balaban J connectivity index is 1.54. The minimum atomic E-state index is 0.107. The molecule has 0 radical (unpaired) electrons. The summed E-state index contributed by atoms with van der Waals surface area (Å²) in [4.78, 5) is 12.5. The molecular formula is C21H17N2O+. The number of carbonyl (C=O) groups excluding carboxylic acids is 1. The highest BCUT2D eigenvalue weighted by atomic mass is 16.1. The maximum atomic E-state index is 12.5. The zero-order chi connectivity index (χ0) is 16.4. The maximum Gasteiger partial charge on any atom is 0.249 e. The first-order valence-electron chi connectivity index (χ1n) is 7.94. The van der Waals surface area contributed by atoms with Crippen LogP contribution in [0.4, 0.5) is 0 Å². The number of imidazole rings is 1. The Hall–Kier alpha value is -3.20. The first-order valence-corrected chi connectivity index (χ1v) is 7.94. The van der Waals surface area contributed by atoms with Crippen LogP contribution >= 0.6 is 0 Å². The summed E-state index contributed by atoms with van der Waals surface area (Å²) >= 11 is 0. The van der Waals surface area contributed by atoms with Gasteiger partial charge in [-0.25, -0.2) is 8.97 Å². The summed E-state index contributed by atoms with van der Waals surface area (Å²) in [5.41, 5.74) is 4.08. The lowest BCUT2D eigenvalue weighted by atomic mass is 10.0. The molecule has 0 aliphatic carbocycles. The minimum absolute atomic E-state index is 0.107. The highest BCUT2D eigenvalue weighted by Gasteiger charge is 2.12. The highest BCUT2D eigenvalue weighted by Crippen LogP contribution is 2.19. The van der Waals surface area contributed by atoms with Gasteiger partial charge in [0.1, 0.15) is 6.20 Å². The van der Waals surface area contributed by atoms with E-state index < -0.39 is 0 Å². The Morgan fingerprint density at radius 3 is 2.29 bits per heavy atom. The molecule has 2 aromatic carbocycles. The first-order chi connectivity index (χ1) is 11.8. The second-order valence-corrected chi connectivity index (χ2v) is 5.82. The van der Waals surface area contributed by atoms with Gasteiger partial charge in [-0.05, 0) is 23.3 Å². The molecule has 0 atom stereocenters. The van der Waals surface area contributed by atoms with E-state index in [1.165, 1.54) is 0 Å². The number of carbonyl (C=O) groups is 1. The molecule has 0 aliphatic heterocycles. The number of rotatable bonds is 4. The van der Waals surface area contributed by atoms with Gasteiger partial charge in [0, 0.05) is 5.56 Å². The van der Waals surface area contributed by atoms with Gasteiger partial charge in [0.25, 0.3) is 0 Å². The van der Waals surface area contributed by atoms with Gasteiger partial charge in [-0.3, -0.25) is 4.79 Å². The molecule has 3 heteroatoms. The van der Waals surface area contributed by atoms with Crippen LogP contribution in [-0.2, 0) is 6.54 Å². The van der Waals surface area contributed by atoms with Crippen LogP contribution in [-0.4, -0.2) is 10.2 Å². The van der Waals surface area contributed by atoms with E-state index in [-0.39, 0.29) is 5.78 Å². The van der Waals surface area contributed by atoms with E-state index in [9.17, 15) is 4.79 Å². The number of pyridine rings is 1. The quantitative estimate of drug-likeness (QED) is 0.416. The summed E-state index contributed by atoms with van der Waals surface area (Å²) in [6.07, 6.45) is 5.90.